The fourth-order valence-corrected chi connectivity index (χ4v) is 4.48. The van der Waals surface area contributed by atoms with Crippen LogP contribution in [0.15, 0.2) is 41.4 Å². The number of amides is 1. The Bertz CT molecular complexity index is 1080. The zero-order chi connectivity index (χ0) is 21.8. The lowest BCUT2D eigenvalue weighted by atomic mass is 10.0. The molecule has 0 radical (unpaired) electrons. The maximum absolute atomic E-state index is 13.0. The molecular formula is C24H28N2O3S. The van der Waals surface area contributed by atoms with Crippen LogP contribution in [-0.4, -0.2) is 30.4 Å². The van der Waals surface area contributed by atoms with Gasteiger partial charge in [-0.2, -0.15) is 0 Å². The van der Waals surface area contributed by atoms with Gasteiger partial charge in [0.05, 0.1) is 35.7 Å². The van der Waals surface area contributed by atoms with Crippen molar-refractivity contribution in [3.8, 4) is 11.5 Å². The van der Waals surface area contributed by atoms with Crippen molar-refractivity contribution in [2.45, 2.75) is 44.4 Å². The molecule has 0 bridgehead atoms. The van der Waals surface area contributed by atoms with Crippen LogP contribution in [0.1, 0.15) is 30.0 Å². The van der Waals surface area contributed by atoms with Crippen molar-refractivity contribution < 1.29 is 14.3 Å². The van der Waals surface area contributed by atoms with Crippen LogP contribution in [0.3, 0.4) is 0 Å². The normalized spacial score (nSPS) is 11.9. The lowest BCUT2D eigenvalue weighted by molar-refractivity contribution is -0.115. The number of thioether (sulfide) groups is 1. The molecule has 5 nitrogen and oxygen atoms in total. The second-order valence-corrected chi connectivity index (χ2v) is 8.55. The van der Waals surface area contributed by atoms with Crippen LogP contribution < -0.4 is 14.8 Å². The summed E-state index contributed by atoms with van der Waals surface area (Å²) in [6.45, 7) is 8.27. The van der Waals surface area contributed by atoms with E-state index in [1.54, 1.807) is 32.4 Å². The fourth-order valence-electron chi connectivity index (χ4n) is 3.47. The molecule has 0 saturated heterocycles. The number of hydrogen-bond donors (Lipinski definition) is 1. The Morgan fingerprint density at radius 3 is 2.50 bits per heavy atom. The summed E-state index contributed by atoms with van der Waals surface area (Å²) in [7, 11) is 3.17. The van der Waals surface area contributed by atoms with E-state index < -0.39 is 0 Å². The van der Waals surface area contributed by atoms with Crippen molar-refractivity contribution in [1.82, 2.24) is 4.98 Å². The average molecular weight is 425 g/mol. The van der Waals surface area contributed by atoms with Crippen molar-refractivity contribution in [2.24, 2.45) is 0 Å². The molecule has 0 fully saturated rings. The van der Waals surface area contributed by atoms with Gasteiger partial charge in [-0.15, -0.1) is 0 Å². The molecular weight excluding hydrogens is 396 g/mol. The molecule has 1 heterocycles. The number of anilines is 1. The van der Waals surface area contributed by atoms with Crippen molar-refractivity contribution >= 4 is 34.3 Å². The van der Waals surface area contributed by atoms with E-state index >= 15 is 0 Å². The third-order valence-corrected chi connectivity index (χ3v) is 6.30. The Hall–Kier alpha value is -2.73. The van der Waals surface area contributed by atoms with Crippen LogP contribution in [0.4, 0.5) is 5.69 Å². The number of carbonyl (C=O) groups is 1. The Kier molecular flexibility index (Phi) is 6.87. The molecule has 0 aliphatic heterocycles. The number of rotatable bonds is 7. The molecule has 1 N–H and O–H groups in total. The molecule has 0 spiro atoms. The number of fused-ring (bicyclic) bond motifs is 1. The minimum absolute atomic E-state index is 0.0887. The number of methoxy groups -OCH3 is 2. The molecule has 0 aliphatic carbocycles. The average Bonchev–Trinajstić information content (AvgIpc) is 2.72. The van der Waals surface area contributed by atoms with Gasteiger partial charge in [0, 0.05) is 11.5 Å². The van der Waals surface area contributed by atoms with Crippen LogP contribution in [0.25, 0.3) is 10.9 Å². The summed E-state index contributed by atoms with van der Waals surface area (Å²) in [4.78, 5) is 17.9. The number of benzene rings is 2. The number of nitrogens with zero attached hydrogens (tertiary/aromatic N) is 1. The maximum Gasteiger partial charge on any atom is 0.238 e. The Morgan fingerprint density at radius 2 is 1.83 bits per heavy atom. The summed E-state index contributed by atoms with van der Waals surface area (Å²) in [6, 6.07) is 11.7. The minimum Gasteiger partial charge on any atom is -0.497 e. The Labute approximate surface area is 182 Å². The van der Waals surface area contributed by atoms with Gasteiger partial charge in [0.1, 0.15) is 11.5 Å². The number of nitrogens with one attached hydrogen (secondary N) is 1. The monoisotopic (exact) mass is 424 g/mol. The second-order valence-electron chi connectivity index (χ2n) is 7.33. The molecule has 1 amide bonds. The largest absolute Gasteiger partial charge is 0.497 e. The smallest absolute Gasteiger partial charge is 0.238 e. The first-order chi connectivity index (χ1) is 14.4. The van der Waals surface area contributed by atoms with E-state index in [4.69, 9.17) is 14.5 Å². The zero-order valence-corrected chi connectivity index (χ0v) is 19.1. The predicted molar refractivity (Wildman–Crippen MR) is 124 cm³/mol. The third-order valence-electron chi connectivity index (χ3n) is 5.02. The third kappa shape index (κ3) is 4.70. The van der Waals surface area contributed by atoms with E-state index in [-0.39, 0.29) is 11.2 Å². The first-order valence-corrected chi connectivity index (χ1v) is 10.8. The van der Waals surface area contributed by atoms with E-state index in [0.717, 1.165) is 21.5 Å². The summed E-state index contributed by atoms with van der Waals surface area (Å²) >= 11 is 1.49. The van der Waals surface area contributed by atoms with Gasteiger partial charge in [0.25, 0.3) is 0 Å². The molecule has 1 unspecified atom stereocenters. The summed E-state index contributed by atoms with van der Waals surface area (Å²) in [5.41, 5.74) is 5.12. The van der Waals surface area contributed by atoms with Gasteiger partial charge in [0.2, 0.25) is 5.91 Å². The first kappa shape index (κ1) is 22.0. The molecule has 158 valence electrons. The van der Waals surface area contributed by atoms with Gasteiger partial charge < -0.3 is 14.8 Å². The highest BCUT2D eigenvalue weighted by Crippen LogP contribution is 2.33. The predicted octanol–water partition coefficient (Wildman–Crippen LogP) is 5.69. The lowest BCUT2D eigenvalue weighted by Crippen LogP contribution is -2.25. The highest BCUT2D eigenvalue weighted by molar-refractivity contribution is 8.00. The van der Waals surface area contributed by atoms with Crippen LogP contribution in [0, 0.1) is 20.8 Å². The summed E-state index contributed by atoms with van der Waals surface area (Å²) < 4.78 is 10.6. The summed E-state index contributed by atoms with van der Waals surface area (Å²) in [5.74, 6) is 1.16. The second kappa shape index (κ2) is 9.39. The van der Waals surface area contributed by atoms with Crippen molar-refractivity contribution in [3.05, 3.63) is 53.1 Å². The number of aromatic nitrogens is 1. The van der Waals surface area contributed by atoms with Crippen LogP contribution in [0.5, 0.6) is 11.5 Å². The number of hydrogen-bond acceptors (Lipinski definition) is 5. The van der Waals surface area contributed by atoms with Crippen molar-refractivity contribution in [2.75, 3.05) is 19.5 Å². The van der Waals surface area contributed by atoms with Gasteiger partial charge in [-0.25, -0.2) is 4.98 Å². The van der Waals surface area contributed by atoms with Crippen LogP contribution >= 0.6 is 11.8 Å². The van der Waals surface area contributed by atoms with Gasteiger partial charge >= 0.3 is 0 Å². The van der Waals surface area contributed by atoms with E-state index in [9.17, 15) is 4.79 Å². The van der Waals surface area contributed by atoms with Gasteiger partial charge in [-0.1, -0.05) is 30.3 Å². The number of ether oxygens (including phenoxy) is 2. The lowest BCUT2D eigenvalue weighted by Gasteiger charge is -2.17. The van der Waals surface area contributed by atoms with Gasteiger partial charge in [0.15, 0.2) is 0 Å². The molecule has 1 atom stereocenters. The zero-order valence-electron chi connectivity index (χ0n) is 18.3. The fraction of sp³-hybridized carbons (Fsp3) is 0.333. The van der Waals surface area contributed by atoms with Crippen LogP contribution in [-0.2, 0) is 4.79 Å². The molecule has 2 aromatic carbocycles. The first-order valence-electron chi connectivity index (χ1n) is 9.94. The standard InChI is InChI=1S/C24H28N2O3S/c1-7-21(24(27)25-19-13-17(28-5)8-9-20(19)29-6)30-22-12-15(3)18-11-14(2)10-16(4)23(18)26-22/h8-13,21H,7H2,1-6H3,(H,25,27). The van der Waals surface area contributed by atoms with E-state index in [2.05, 4.69) is 44.3 Å². The molecule has 1 aromatic heterocycles. The summed E-state index contributed by atoms with van der Waals surface area (Å²) in [6.07, 6.45) is 0.675. The number of aryl methyl sites for hydroxylation is 3. The van der Waals surface area contributed by atoms with Crippen molar-refractivity contribution in [1.29, 1.82) is 0 Å². The minimum atomic E-state index is -0.281. The van der Waals surface area contributed by atoms with Crippen molar-refractivity contribution in [3.63, 3.8) is 0 Å². The summed E-state index contributed by atoms with van der Waals surface area (Å²) in [5, 5.41) is 4.72. The molecule has 3 aromatic rings. The molecule has 0 aliphatic rings. The molecule has 6 heteroatoms. The molecule has 30 heavy (non-hydrogen) atoms. The number of pyridine rings is 1. The Balaban J connectivity index is 1.86. The van der Waals surface area contributed by atoms with E-state index in [0.29, 0.717) is 23.6 Å². The van der Waals surface area contributed by atoms with Gasteiger partial charge in [-0.3, -0.25) is 4.79 Å². The quantitative estimate of drug-likeness (QED) is 0.494. The SMILES string of the molecule is CCC(Sc1cc(C)c2cc(C)cc(C)c2n1)C(=O)Nc1cc(OC)ccc1OC. The Morgan fingerprint density at radius 1 is 1.07 bits per heavy atom. The topological polar surface area (TPSA) is 60.5 Å². The number of carbonyl (C=O) groups excluding carboxylic acids is 1. The van der Waals surface area contributed by atoms with E-state index in [1.165, 1.54) is 22.9 Å². The highest BCUT2D eigenvalue weighted by atomic mass is 32.2. The molecule has 3 rings (SSSR count). The van der Waals surface area contributed by atoms with Crippen LogP contribution in [0.2, 0.25) is 0 Å². The maximum atomic E-state index is 13.0. The highest BCUT2D eigenvalue weighted by Gasteiger charge is 2.21. The van der Waals surface area contributed by atoms with Gasteiger partial charge in [-0.05, 0) is 62.6 Å². The molecule has 0 saturated carbocycles. The van der Waals surface area contributed by atoms with E-state index in [1.807, 2.05) is 6.92 Å².